The number of hydrogen-bond donors (Lipinski definition) is 0. The Morgan fingerprint density at radius 2 is 1.86 bits per heavy atom. The molecule has 0 aromatic rings. The summed E-state index contributed by atoms with van der Waals surface area (Å²) in [6.07, 6.45) is 1.42. The molecule has 3 saturated heterocycles. The molecule has 0 aromatic heterocycles. The van der Waals surface area contributed by atoms with Gasteiger partial charge in [-0.15, -0.1) is 0 Å². The van der Waals surface area contributed by atoms with Crippen LogP contribution in [0.3, 0.4) is 0 Å². The quantitative estimate of drug-likeness (QED) is 0.465. The summed E-state index contributed by atoms with van der Waals surface area (Å²) in [7, 11) is 0. The molecule has 2 unspecified atom stereocenters. The Morgan fingerprint density at radius 3 is 2.00 bits per heavy atom. The van der Waals surface area contributed by atoms with Crippen molar-refractivity contribution >= 4 is 11.8 Å². The van der Waals surface area contributed by atoms with E-state index in [-0.39, 0.29) is 0 Å². The summed E-state index contributed by atoms with van der Waals surface area (Å²) in [5.41, 5.74) is 0. The van der Waals surface area contributed by atoms with E-state index in [1.807, 2.05) is 0 Å². The zero-order valence-corrected chi connectivity index (χ0v) is 4.91. The standard InChI is InChI=1S/C5H8OS/c1-4-2-6-3-5(1)7-4/h4-5H,1-3H2. The van der Waals surface area contributed by atoms with Crippen molar-refractivity contribution in [1.82, 2.24) is 0 Å². The average Bonchev–Trinajstić information content (AvgIpc) is 1.67. The lowest BCUT2D eigenvalue weighted by atomic mass is 10.2. The third kappa shape index (κ3) is 0.572. The normalized spacial score (nSPS) is 48.0. The van der Waals surface area contributed by atoms with Gasteiger partial charge in [0.05, 0.1) is 13.2 Å². The molecule has 7 heavy (non-hydrogen) atoms. The van der Waals surface area contributed by atoms with Gasteiger partial charge in [-0.2, -0.15) is 11.8 Å². The molecule has 3 heterocycles. The van der Waals surface area contributed by atoms with Gasteiger partial charge in [-0.05, 0) is 6.42 Å². The van der Waals surface area contributed by atoms with Crippen LogP contribution in [0, 0.1) is 0 Å². The largest absolute Gasteiger partial charge is 0.379 e. The first kappa shape index (κ1) is 4.21. The van der Waals surface area contributed by atoms with Crippen LogP contribution >= 0.6 is 11.8 Å². The van der Waals surface area contributed by atoms with Crippen LogP contribution in [0.15, 0.2) is 0 Å². The highest BCUT2D eigenvalue weighted by atomic mass is 32.2. The van der Waals surface area contributed by atoms with Gasteiger partial charge >= 0.3 is 0 Å². The Hall–Kier alpha value is 0.310. The van der Waals surface area contributed by atoms with Gasteiger partial charge < -0.3 is 4.74 Å². The van der Waals surface area contributed by atoms with E-state index >= 15 is 0 Å². The summed E-state index contributed by atoms with van der Waals surface area (Å²) in [4.78, 5) is 0. The van der Waals surface area contributed by atoms with Crippen LogP contribution in [-0.2, 0) is 4.74 Å². The van der Waals surface area contributed by atoms with E-state index in [1.54, 1.807) is 0 Å². The summed E-state index contributed by atoms with van der Waals surface area (Å²) < 4.78 is 5.21. The SMILES string of the molecule is C1OCC2CC1S2. The fourth-order valence-corrected chi connectivity index (χ4v) is 2.32. The monoisotopic (exact) mass is 116 g/mol. The summed E-state index contributed by atoms with van der Waals surface area (Å²) in [6, 6.07) is 0. The van der Waals surface area contributed by atoms with E-state index in [1.165, 1.54) is 6.42 Å². The van der Waals surface area contributed by atoms with E-state index in [4.69, 9.17) is 4.74 Å². The molecule has 2 bridgehead atoms. The molecule has 0 N–H and O–H groups in total. The minimum Gasteiger partial charge on any atom is -0.379 e. The van der Waals surface area contributed by atoms with Crippen molar-refractivity contribution < 1.29 is 4.74 Å². The van der Waals surface area contributed by atoms with Crippen molar-refractivity contribution in [2.45, 2.75) is 16.9 Å². The van der Waals surface area contributed by atoms with E-state index < -0.39 is 0 Å². The Bertz CT molecular complexity index is 64.6. The Kier molecular flexibility index (Phi) is 0.837. The fraction of sp³-hybridized carbons (Fsp3) is 1.00. The summed E-state index contributed by atoms with van der Waals surface area (Å²) >= 11 is 2.09. The number of ether oxygens (including phenoxy) is 1. The molecule has 0 saturated carbocycles. The van der Waals surface area contributed by atoms with Gasteiger partial charge in [-0.25, -0.2) is 0 Å². The molecule has 2 heteroatoms. The lowest BCUT2D eigenvalue weighted by Gasteiger charge is -2.39. The predicted molar refractivity (Wildman–Crippen MR) is 30.6 cm³/mol. The molecule has 3 rings (SSSR count). The van der Waals surface area contributed by atoms with Crippen LogP contribution in [0.25, 0.3) is 0 Å². The number of rotatable bonds is 0. The zero-order valence-electron chi connectivity index (χ0n) is 4.09. The second kappa shape index (κ2) is 1.39. The maximum atomic E-state index is 5.21. The third-order valence-corrected chi connectivity index (χ3v) is 2.95. The van der Waals surface area contributed by atoms with Crippen LogP contribution < -0.4 is 0 Å². The molecule has 1 nitrogen and oxygen atoms in total. The van der Waals surface area contributed by atoms with Gasteiger partial charge in [0.1, 0.15) is 0 Å². The maximum absolute atomic E-state index is 5.21. The van der Waals surface area contributed by atoms with Gasteiger partial charge in [0.2, 0.25) is 0 Å². The minimum atomic E-state index is 0.874. The van der Waals surface area contributed by atoms with Crippen LogP contribution in [0.4, 0.5) is 0 Å². The minimum absolute atomic E-state index is 0.874. The van der Waals surface area contributed by atoms with Gasteiger partial charge in [0.25, 0.3) is 0 Å². The topological polar surface area (TPSA) is 9.23 Å². The van der Waals surface area contributed by atoms with Crippen molar-refractivity contribution in [3.8, 4) is 0 Å². The number of fused-ring (bicyclic) bond motifs is 2. The van der Waals surface area contributed by atoms with Gasteiger partial charge in [0, 0.05) is 10.5 Å². The van der Waals surface area contributed by atoms with E-state index in [2.05, 4.69) is 11.8 Å². The Morgan fingerprint density at radius 1 is 1.29 bits per heavy atom. The third-order valence-electron chi connectivity index (χ3n) is 1.52. The van der Waals surface area contributed by atoms with Gasteiger partial charge in [-0.1, -0.05) is 0 Å². The van der Waals surface area contributed by atoms with Crippen LogP contribution in [0.1, 0.15) is 6.42 Å². The molecule has 3 fully saturated rings. The summed E-state index contributed by atoms with van der Waals surface area (Å²) in [6.45, 7) is 2.03. The van der Waals surface area contributed by atoms with E-state index in [0.29, 0.717) is 0 Å². The van der Waals surface area contributed by atoms with E-state index in [0.717, 1.165) is 23.7 Å². The van der Waals surface area contributed by atoms with E-state index in [9.17, 15) is 0 Å². The van der Waals surface area contributed by atoms with Crippen molar-refractivity contribution in [3.05, 3.63) is 0 Å². The smallest absolute Gasteiger partial charge is 0.0586 e. The average molecular weight is 116 g/mol. The summed E-state index contributed by atoms with van der Waals surface area (Å²) in [5, 5.41) is 1.75. The highest BCUT2D eigenvalue weighted by molar-refractivity contribution is 8.02. The van der Waals surface area contributed by atoms with Gasteiger partial charge in [-0.3, -0.25) is 0 Å². The first-order chi connectivity index (χ1) is 3.45. The molecule has 3 aliphatic rings. The molecule has 0 aromatic carbocycles. The van der Waals surface area contributed by atoms with Crippen LogP contribution in [-0.4, -0.2) is 23.7 Å². The highest BCUT2D eigenvalue weighted by Gasteiger charge is 2.34. The lowest BCUT2D eigenvalue weighted by molar-refractivity contribution is 0.0924. The van der Waals surface area contributed by atoms with Crippen molar-refractivity contribution in [3.63, 3.8) is 0 Å². The molecular formula is C5H8OS. The van der Waals surface area contributed by atoms with Crippen molar-refractivity contribution in [2.75, 3.05) is 13.2 Å². The molecule has 2 atom stereocenters. The van der Waals surface area contributed by atoms with Gasteiger partial charge in [0.15, 0.2) is 0 Å². The summed E-state index contributed by atoms with van der Waals surface area (Å²) in [5.74, 6) is 0. The van der Waals surface area contributed by atoms with Crippen LogP contribution in [0.2, 0.25) is 0 Å². The predicted octanol–water partition coefficient (Wildman–Crippen LogP) is 0.891. The number of hydrogen-bond acceptors (Lipinski definition) is 2. The zero-order chi connectivity index (χ0) is 4.69. The lowest BCUT2D eigenvalue weighted by Crippen LogP contribution is -2.40. The second-order valence-electron chi connectivity index (χ2n) is 2.15. The second-order valence-corrected chi connectivity index (χ2v) is 3.76. The maximum Gasteiger partial charge on any atom is 0.0586 e. The first-order valence-electron chi connectivity index (χ1n) is 2.68. The van der Waals surface area contributed by atoms with Crippen LogP contribution in [0.5, 0.6) is 0 Å². The molecular weight excluding hydrogens is 108 g/mol. The van der Waals surface area contributed by atoms with Crippen molar-refractivity contribution in [2.24, 2.45) is 0 Å². The molecule has 40 valence electrons. The Balaban J connectivity index is 1.99. The van der Waals surface area contributed by atoms with Crippen molar-refractivity contribution in [1.29, 1.82) is 0 Å². The fourth-order valence-electron chi connectivity index (χ4n) is 1.10. The molecule has 0 radical (unpaired) electrons. The Labute approximate surface area is 47.4 Å². The first-order valence-corrected chi connectivity index (χ1v) is 3.62. The molecule has 3 aliphatic heterocycles. The highest BCUT2D eigenvalue weighted by Crippen LogP contribution is 2.40. The molecule has 0 aliphatic carbocycles. The molecule has 0 amide bonds. The number of thioether (sulfide) groups is 1. The molecule has 0 spiro atoms.